The highest BCUT2D eigenvalue weighted by Crippen LogP contribution is 2.19. The molecule has 0 saturated carbocycles. The maximum Gasteiger partial charge on any atom is 0.306 e. The van der Waals surface area contributed by atoms with Crippen LogP contribution < -0.4 is 5.32 Å². The fourth-order valence-electron chi connectivity index (χ4n) is 8.95. The largest absolute Gasteiger partial charge is 0.462 e. The van der Waals surface area contributed by atoms with Gasteiger partial charge >= 0.3 is 5.97 Å². The van der Waals surface area contributed by atoms with E-state index in [1.807, 2.05) is 0 Å². The number of esters is 1. The standard InChI is InChI=1S/C61H113NO5/c1-4-7-10-13-16-19-22-25-27-29-30-31-33-36-39-42-45-48-51-54-61(66)67-57(52-49-46-43-40-37-34-24-21-18-15-12-9-6-3)55-60(65)62-58(56-63)59(64)53-50-47-44-41-38-35-32-28-26-23-20-17-14-11-8-5-2/h16,19,25,27,30-31,36,39,57-59,63-64H,4-15,17-18,20-24,26,28-29,32-35,37-38,40-56H2,1-3H3,(H,62,65)/b19-16-,27-25-,31-30-,39-36-. The Labute approximate surface area is 416 Å². The summed E-state index contributed by atoms with van der Waals surface area (Å²) in [6, 6.07) is -0.707. The third-order valence-corrected chi connectivity index (χ3v) is 13.4. The number of hydrogen-bond acceptors (Lipinski definition) is 5. The molecular weight excluding hydrogens is 827 g/mol. The van der Waals surface area contributed by atoms with Gasteiger partial charge in [0.1, 0.15) is 6.10 Å². The van der Waals surface area contributed by atoms with E-state index in [1.54, 1.807) is 0 Å². The molecule has 0 bridgehead atoms. The molecule has 3 atom stereocenters. The normalized spacial score (nSPS) is 13.4. The van der Waals surface area contributed by atoms with E-state index >= 15 is 0 Å². The molecule has 67 heavy (non-hydrogen) atoms. The van der Waals surface area contributed by atoms with Gasteiger partial charge in [0.2, 0.25) is 5.91 Å². The molecule has 6 heteroatoms. The van der Waals surface area contributed by atoms with E-state index in [2.05, 4.69) is 74.7 Å². The summed E-state index contributed by atoms with van der Waals surface area (Å²) in [4.78, 5) is 26.3. The zero-order valence-electron chi connectivity index (χ0n) is 44.8. The Morgan fingerprint density at radius 3 is 1.16 bits per heavy atom. The van der Waals surface area contributed by atoms with Crippen LogP contribution in [0.15, 0.2) is 48.6 Å². The van der Waals surface area contributed by atoms with Crippen LogP contribution in [0.25, 0.3) is 0 Å². The Kier molecular flexibility index (Phi) is 53.0. The van der Waals surface area contributed by atoms with Crippen molar-refractivity contribution in [1.29, 1.82) is 0 Å². The minimum absolute atomic E-state index is 0.0678. The Balaban J connectivity index is 4.55. The first-order valence-corrected chi connectivity index (χ1v) is 29.4. The molecule has 0 aliphatic heterocycles. The van der Waals surface area contributed by atoms with E-state index in [4.69, 9.17) is 4.74 Å². The number of hydrogen-bond donors (Lipinski definition) is 3. The van der Waals surface area contributed by atoms with Gasteiger partial charge in [0.25, 0.3) is 0 Å². The smallest absolute Gasteiger partial charge is 0.306 e. The van der Waals surface area contributed by atoms with Gasteiger partial charge in [0, 0.05) is 6.42 Å². The molecule has 3 N–H and O–H groups in total. The van der Waals surface area contributed by atoms with Gasteiger partial charge in [-0.05, 0) is 70.6 Å². The molecule has 0 spiro atoms. The van der Waals surface area contributed by atoms with E-state index in [0.717, 1.165) is 77.0 Å². The average Bonchev–Trinajstić information content (AvgIpc) is 3.32. The van der Waals surface area contributed by atoms with Crippen molar-refractivity contribution in [1.82, 2.24) is 5.32 Å². The summed E-state index contributed by atoms with van der Waals surface area (Å²) in [6.45, 7) is 6.48. The first-order valence-electron chi connectivity index (χ1n) is 29.4. The molecule has 0 aromatic heterocycles. The van der Waals surface area contributed by atoms with Crippen LogP contribution in [0.3, 0.4) is 0 Å². The van der Waals surface area contributed by atoms with Crippen molar-refractivity contribution in [2.75, 3.05) is 6.61 Å². The molecule has 0 fully saturated rings. The first kappa shape index (κ1) is 64.8. The molecule has 392 valence electrons. The topological polar surface area (TPSA) is 95.9 Å². The number of nitrogens with one attached hydrogen (secondary N) is 1. The highest BCUT2D eigenvalue weighted by atomic mass is 16.5. The second-order valence-electron chi connectivity index (χ2n) is 20.1. The Morgan fingerprint density at radius 1 is 0.433 bits per heavy atom. The van der Waals surface area contributed by atoms with Crippen LogP contribution in [0.2, 0.25) is 0 Å². The summed E-state index contributed by atoms with van der Waals surface area (Å²) in [5.74, 6) is -0.496. The summed E-state index contributed by atoms with van der Waals surface area (Å²) >= 11 is 0. The minimum atomic E-state index is -0.793. The van der Waals surface area contributed by atoms with Crippen molar-refractivity contribution < 1.29 is 24.5 Å². The maximum absolute atomic E-state index is 13.3. The van der Waals surface area contributed by atoms with Crippen LogP contribution in [0.1, 0.15) is 303 Å². The lowest BCUT2D eigenvalue weighted by Crippen LogP contribution is -2.46. The monoisotopic (exact) mass is 940 g/mol. The summed E-state index contributed by atoms with van der Waals surface area (Å²) < 4.78 is 5.95. The second kappa shape index (κ2) is 54.8. The Bertz CT molecular complexity index is 1150. The molecule has 0 radical (unpaired) electrons. The number of ether oxygens (including phenoxy) is 1. The molecule has 0 aromatic carbocycles. The molecular formula is C61H113NO5. The molecule has 0 heterocycles. The summed E-state index contributed by atoms with van der Waals surface area (Å²) in [5.41, 5.74) is 0. The SMILES string of the molecule is CCCCC/C=C\C/C=C\C/C=C\C/C=C\CCCCCC(=O)OC(CCCCCCCCCCCCCCC)CC(=O)NC(CO)C(O)CCCCCCCCCCCCCCCCCC. The lowest BCUT2D eigenvalue weighted by Gasteiger charge is -2.24. The van der Waals surface area contributed by atoms with Crippen LogP contribution in [-0.2, 0) is 14.3 Å². The quantitative estimate of drug-likeness (QED) is 0.0321. The lowest BCUT2D eigenvalue weighted by atomic mass is 10.0. The predicted molar refractivity (Wildman–Crippen MR) is 292 cm³/mol. The molecule has 0 aromatic rings. The second-order valence-corrected chi connectivity index (χ2v) is 20.1. The van der Waals surface area contributed by atoms with E-state index < -0.39 is 18.2 Å². The molecule has 0 aliphatic rings. The molecule has 6 nitrogen and oxygen atoms in total. The van der Waals surface area contributed by atoms with Crippen molar-refractivity contribution in [3.63, 3.8) is 0 Å². The molecule has 0 rings (SSSR count). The van der Waals surface area contributed by atoms with Crippen LogP contribution in [0, 0.1) is 0 Å². The van der Waals surface area contributed by atoms with E-state index in [0.29, 0.717) is 19.3 Å². The van der Waals surface area contributed by atoms with Crippen molar-refractivity contribution in [2.45, 2.75) is 322 Å². The number of aliphatic hydroxyl groups is 2. The number of aliphatic hydroxyl groups excluding tert-OH is 2. The predicted octanol–water partition coefficient (Wildman–Crippen LogP) is 18.2. The zero-order chi connectivity index (χ0) is 48.8. The van der Waals surface area contributed by atoms with Gasteiger partial charge in [-0.15, -0.1) is 0 Å². The van der Waals surface area contributed by atoms with Gasteiger partial charge in [-0.25, -0.2) is 0 Å². The highest BCUT2D eigenvalue weighted by Gasteiger charge is 2.24. The number of rotatable bonds is 53. The van der Waals surface area contributed by atoms with Crippen molar-refractivity contribution in [2.24, 2.45) is 0 Å². The zero-order valence-corrected chi connectivity index (χ0v) is 44.8. The van der Waals surface area contributed by atoms with E-state index in [1.165, 1.54) is 180 Å². The van der Waals surface area contributed by atoms with Gasteiger partial charge < -0.3 is 20.3 Å². The lowest BCUT2D eigenvalue weighted by molar-refractivity contribution is -0.151. The minimum Gasteiger partial charge on any atom is -0.462 e. The number of unbranched alkanes of at least 4 members (excludes halogenated alkanes) is 33. The van der Waals surface area contributed by atoms with Crippen LogP contribution >= 0.6 is 0 Å². The maximum atomic E-state index is 13.3. The van der Waals surface area contributed by atoms with Crippen molar-refractivity contribution in [3.8, 4) is 0 Å². The molecule has 3 unspecified atom stereocenters. The van der Waals surface area contributed by atoms with E-state index in [-0.39, 0.29) is 24.9 Å². The van der Waals surface area contributed by atoms with E-state index in [9.17, 15) is 19.8 Å². The van der Waals surface area contributed by atoms with Crippen LogP contribution in [-0.4, -0.2) is 46.9 Å². The summed E-state index contributed by atoms with van der Waals surface area (Å²) in [7, 11) is 0. The molecule has 1 amide bonds. The number of carbonyl (C=O) groups is 2. The van der Waals surface area contributed by atoms with Gasteiger partial charge in [0.05, 0.1) is 25.2 Å². The average molecular weight is 941 g/mol. The fourth-order valence-corrected chi connectivity index (χ4v) is 8.95. The van der Waals surface area contributed by atoms with Crippen LogP contribution in [0.5, 0.6) is 0 Å². The van der Waals surface area contributed by atoms with Gasteiger partial charge in [-0.1, -0.05) is 268 Å². The van der Waals surface area contributed by atoms with Crippen molar-refractivity contribution >= 4 is 11.9 Å². The molecule has 0 saturated heterocycles. The summed E-state index contributed by atoms with van der Waals surface area (Å²) in [5, 5.41) is 23.9. The third kappa shape index (κ3) is 50.0. The van der Waals surface area contributed by atoms with Crippen LogP contribution in [0.4, 0.5) is 0 Å². The van der Waals surface area contributed by atoms with Gasteiger partial charge in [-0.2, -0.15) is 0 Å². The highest BCUT2D eigenvalue weighted by molar-refractivity contribution is 5.77. The van der Waals surface area contributed by atoms with Crippen molar-refractivity contribution in [3.05, 3.63) is 48.6 Å². The Morgan fingerprint density at radius 2 is 0.761 bits per heavy atom. The first-order chi connectivity index (χ1) is 33.0. The van der Waals surface area contributed by atoms with Gasteiger partial charge in [-0.3, -0.25) is 9.59 Å². The number of amides is 1. The Hall–Kier alpha value is -2.18. The number of allylic oxidation sites excluding steroid dienone is 8. The molecule has 0 aliphatic carbocycles. The number of carbonyl (C=O) groups excluding carboxylic acids is 2. The third-order valence-electron chi connectivity index (χ3n) is 13.4. The fraction of sp³-hybridized carbons (Fsp3) is 0.836. The summed E-state index contributed by atoms with van der Waals surface area (Å²) in [6.07, 6.45) is 67.4. The van der Waals surface area contributed by atoms with Gasteiger partial charge in [0.15, 0.2) is 0 Å².